The van der Waals surface area contributed by atoms with Gasteiger partial charge in [0, 0.05) is 37.3 Å². The van der Waals surface area contributed by atoms with Crippen LogP contribution in [0, 0.1) is 23.2 Å². The third-order valence-corrected chi connectivity index (χ3v) is 7.83. The number of rotatable bonds is 4. The summed E-state index contributed by atoms with van der Waals surface area (Å²) in [6, 6.07) is 5.35. The molecule has 1 amide bonds. The lowest BCUT2D eigenvalue weighted by Crippen LogP contribution is -2.60. The monoisotopic (exact) mass is 525 g/mol. The van der Waals surface area contributed by atoms with Crippen molar-refractivity contribution < 1.29 is 4.79 Å². The maximum atomic E-state index is 13.1. The van der Waals surface area contributed by atoms with Crippen LogP contribution in [0.1, 0.15) is 31.9 Å². The molecule has 0 radical (unpaired) electrons. The Kier molecular flexibility index (Phi) is 6.44. The van der Waals surface area contributed by atoms with Gasteiger partial charge in [-0.1, -0.05) is 77.9 Å². The number of hydrogen-bond acceptors (Lipinski definition) is 3. The van der Waals surface area contributed by atoms with E-state index in [2.05, 4.69) is 5.32 Å². The van der Waals surface area contributed by atoms with Gasteiger partial charge in [-0.3, -0.25) is 14.5 Å². The molecule has 5 nitrogen and oxygen atoms in total. The van der Waals surface area contributed by atoms with E-state index in [4.69, 9.17) is 58.0 Å². The van der Waals surface area contributed by atoms with Crippen molar-refractivity contribution in [2.45, 2.75) is 42.7 Å². The average Bonchev–Trinajstić information content (AvgIpc) is 3.18. The molecule has 0 spiro atoms. The highest BCUT2D eigenvalue weighted by Gasteiger charge is 2.61. The number of amides is 1. The highest BCUT2D eigenvalue weighted by atomic mass is 35.6. The van der Waals surface area contributed by atoms with E-state index in [1.165, 1.54) is 0 Å². The molecule has 1 saturated carbocycles. The number of pyridine rings is 1. The number of aromatic nitrogens is 1. The van der Waals surface area contributed by atoms with E-state index in [1.54, 1.807) is 18.2 Å². The molecule has 1 aromatic heterocycles. The Labute approximate surface area is 206 Å². The summed E-state index contributed by atoms with van der Waals surface area (Å²) in [6.07, 6.45) is 1.87. The van der Waals surface area contributed by atoms with Crippen LogP contribution < -0.4 is 10.9 Å². The number of nitrogens with zero attached hydrogens (tertiary/aromatic N) is 2. The summed E-state index contributed by atoms with van der Waals surface area (Å²) in [5.41, 5.74) is 0.725. The first-order valence-corrected chi connectivity index (χ1v) is 12.1. The van der Waals surface area contributed by atoms with Crippen LogP contribution in [0.4, 0.5) is 0 Å². The number of carbonyl (C=O) groups is 1. The van der Waals surface area contributed by atoms with Gasteiger partial charge in [0.15, 0.2) is 0 Å². The Morgan fingerprint density at radius 2 is 1.94 bits per heavy atom. The Morgan fingerprint density at radius 1 is 1.23 bits per heavy atom. The predicted molar refractivity (Wildman–Crippen MR) is 126 cm³/mol. The number of allylic oxidation sites excluding steroid dienone is 1. The molecule has 4 rings (SSSR count). The summed E-state index contributed by atoms with van der Waals surface area (Å²) in [4.78, 5) is 27.4. The second-order valence-electron chi connectivity index (χ2n) is 9.39. The standard InChI is InChI=1S/C21H24Cl5N3O2/c1-20(2)13(7-15(22)23)17(20)18(31)27-19(21(24,25)26)28-8-11-6-12(10-28)14-4-3-5-16(30)29(14)9-11/h3-5,7,11-13,17,19H,6,8-10H2,1-2H3,(H,27,31)/t11-,12-,13+,17-,19+/m1/s1. The molecule has 1 aromatic rings. The summed E-state index contributed by atoms with van der Waals surface area (Å²) in [5.74, 6) is -0.201. The second-order valence-corrected chi connectivity index (χ2v) is 12.8. The third kappa shape index (κ3) is 4.64. The Balaban J connectivity index is 1.54. The van der Waals surface area contributed by atoms with Crippen molar-refractivity contribution in [3.05, 3.63) is 44.8 Å². The van der Waals surface area contributed by atoms with Crippen molar-refractivity contribution in [3.63, 3.8) is 0 Å². The van der Waals surface area contributed by atoms with Gasteiger partial charge in [0.1, 0.15) is 10.7 Å². The molecule has 170 valence electrons. The topological polar surface area (TPSA) is 54.3 Å². The van der Waals surface area contributed by atoms with Crippen molar-refractivity contribution in [3.8, 4) is 0 Å². The minimum atomic E-state index is -1.72. The molecule has 5 atom stereocenters. The fourth-order valence-electron chi connectivity index (χ4n) is 5.37. The maximum absolute atomic E-state index is 13.1. The van der Waals surface area contributed by atoms with Crippen LogP contribution in [-0.4, -0.2) is 38.4 Å². The van der Waals surface area contributed by atoms with Crippen LogP contribution in [0.5, 0.6) is 0 Å². The van der Waals surface area contributed by atoms with Gasteiger partial charge in [-0.2, -0.15) is 0 Å². The zero-order valence-electron chi connectivity index (χ0n) is 17.1. The first kappa shape index (κ1) is 23.7. The number of alkyl halides is 3. The SMILES string of the molecule is CC1(C)[C@@H](C=C(Cl)Cl)[C@@H]1C(=O)N[C@@H](N1C[C@H]2C[C@H](C1)c1cccc(=O)n1C2)C(Cl)(Cl)Cl. The molecule has 1 aliphatic carbocycles. The molecule has 0 aromatic carbocycles. The summed E-state index contributed by atoms with van der Waals surface area (Å²) < 4.78 is 0.272. The van der Waals surface area contributed by atoms with Crippen LogP contribution in [0.3, 0.4) is 0 Å². The van der Waals surface area contributed by atoms with Gasteiger partial charge >= 0.3 is 0 Å². The van der Waals surface area contributed by atoms with Gasteiger partial charge in [0.25, 0.3) is 5.56 Å². The summed E-state index contributed by atoms with van der Waals surface area (Å²) in [7, 11) is 0. The molecular weight excluding hydrogens is 504 g/mol. The number of carbonyl (C=O) groups excluding carboxylic acids is 1. The average molecular weight is 528 g/mol. The Morgan fingerprint density at radius 3 is 2.58 bits per heavy atom. The normalized spacial score (nSPS) is 30.2. The smallest absolute Gasteiger partial charge is 0.250 e. The molecule has 1 N–H and O–H groups in total. The van der Waals surface area contributed by atoms with Crippen LogP contribution in [0.2, 0.25) is 0 Å². The van der Waals surface area contributed by atoms with Crippen LogP contribution in [0.25, 0.3) is 0 Å². The number of halogens is 5. The van der Waals surface area contributed by atoms with Crippen molar-refractivity contribution in [2.24, 2.45) is 23.2 Å². The van der Waals surface area contributed by atoms with Gasteiger partial charge < -0.3 is 9.88 Å². The molecular formula is C21H24Cl5N3O2. The third-order valence-electron chi connectivity index (χ3n) is 6.96. The molecule has 2 aliphatic heterocycles. The lowest BCUT2D eigenvalue weighted by Gasteiger charge is -2.47. The van der Waals surface area contributed by atoms with Crippen molar-refractivity contribution >= 4 is 63.9 Å². The number of piperidine rings is 1. The van der Waals surface area contributed by atoms with Crippen molar-refractivity contribution in [2.75, 3.05) is 13.1 Å². The summed E-state index contributed by atoms with van der Waals surface area (Å²) in [5, 5.41) is 2.98. The van der Waals surface area contributed by atoms with E-state index in [0.29, 0.717) is 19.6 Å². The van der Waals surface area contributed by atoms with Gasteiger partial charge in [-0.25, -0.2) is 0 Å². The van der Waals surface area contributed by atoms with Crippen LogP contribution in [0.15, 0.2) is 33.6 Å². The molecule has 3 aliphatic rings. The quantitative estimate of drug-likeness (QED) is 0.579. The van der Waals surface area contributed by atoms with Crippen molar-refractivity contribution in [1.82, 2.24) is 14.8 Å². The number of hydrogen-bond donors (Lipinski definition) is 1. The maximum Gasteiger partial charge on any atom is 0.250 e. The largest absolute Gasteiger partial charge is 0.336 e. The van der Waals surface area contributed by atoms with E-state index in [9.17, 15) is 9.59 Å². The van der Waals surface area contributed by atoms with E-state index in [0.717, 1.165) is 12.1 Å². The molecule has 1 saturated heterocycles. The minimum absolute atomic E-state index is 0.0138. The van der Waals surface area contributed by atoms with Crippen LogP contribution >= 0.6 is 58.0 Å². The number of nitrogens with one attached hydrogen (secondary N) is 1. The molecule has 2 fully saturated rings. The van der Waals surface area contributed by atoms with Gasteiger partial charge in [0.05, 0.1) is 5.92 Å². The zero-order chi connectivity index (χ0) is 22.7. The van der Waals surface area contributed by atoms with Crippen molar-refractivity contribution in [1.29, 1.82) is 0 Å². The van der Waals surface area contributed by atoms with E-state index in [-0.39, 0.29) is 45.0 Å². The zero-order valence-corrected chi connectivity index (χ0v) is 20.9. The lowest BCUT2D eigenvalue weighted by molar-refractivity contribution is -0.125. The minimum Gasteiger partial charge on any atom is -0.336 e. The number of likely N-dealkylation sites (tertiary alicyclic amines) is 1. The van der Waals surface area contributed by atoms with Gasteiger partial charge in [-0.05, 0) is 35.8 Å². The van der Waals surface area contributed by atoms with Crippen LogP contribution in [-0.2, 0) is 11.3 Å². The fraction of sp³-hybridized carbons (Fsp3) is 0.619. The summed E-state index contributed by atoms with van der Waals surface area (Å²) in [6.45, 7) is 5.81. The predicted octanol–water partition coefficient (Wildman–Crippen LogP) is 4.67. The molecule has 2 bridgehead atoms. The van der Waals surface area contributed by atoms with E-state index >= 15 is 0 Å². The fourth-order valence-corrected chi connectivity index (χ4v) is 6.22. The Bertz CT molecular complexity index is 966. The van der Waals surface area contributed by atoms with Gasteiger partial charge in [-0.15, -0.1) is 0 Å². The first-order chi connectivity index (χ1) is 14.4. The van der Waals surface area contributed by atoms with Gasteiger partial charge in [0.2, 0.25) is 9.70 Å². The molecule has 0 unspecified atom stereocenters. The number of fused-ring (bicyclic) bond motifs is 4. The first-order valence-electron chi connectivity index (χ1n) is 10.2. The second kappa shape index (κ2) is 8.41. The Hall–Kier alpha value is -0.430. The highest BCUT2D eigenvalue weighted by molar-refractivity contribution is 6.68. The highest BCUT2D eigenvalue weighted by Crippen LogP contribution is 2.60. The molecule has 10 heteroatoms. The molecule has 3 heterocycles. The lowest BCUT2D eigenvalue weighted by atomic mass is 9.83. The van der Waals surface area contributed by atoms with E-state index in [1.807, 2.05) is 29.4 Å². The van der Waals surface area contributed by atoms with E-state index < -0.39 is 9.96 Å². The molecule has 31 heavy (non-hydrogen) atoms. The summed E-state index contributed by atoms with van der Waals surface area (Å²) >= 11 is 30.7.